The molecule has 0 N–H and O–H groups in total. The van der Waals surface area contributed by atoms with Crippen LogP contribution in [0.1, 0.15) is 50.7 Å². The molecule has 0 aliphatic carbocycles. The molecule has 2 rings (SSSR count). The van der Waals surface area contributed by atoms with Crippen LogP contribution in [0.15, 0.2) is 54.6 Å². The van der Waals surface area contributed by atoms with E-state index in [-0.39, 0.29) is 11.9 Å². The van der Waals surface area contributed by atoms with E-state index < -0.39 is 0 Å². The predicted octanol–water partition coefficient (Wildman–Crippen LogP) is 5.20. The Balaban J connectivity index is 2.15. The average Bonchev–Trinajstić information content (AvgIpc) is 2.65. The van der Waals surface area contributed by atoms with Crippen molar-refractivity contribution >= 4 is 5.97 Å². The first-order valence-electron chi connectivity index (χ1n) is 9.07. The predicted molar refractivity (Wildman–Crippen MR) is 101 cm³/mol. The van der Waals surface area contributed by atoms with Crippen molar-refractivity contribution in [3.63, 3.8) is 0 Å². The summed E-state index contributed by atoms with van der Waals surface area (Å²) in [6.45, 7) is 7.30. The lowest BCUT2D eigenvalue weighted by atomic mass is 9.88. The topological polar surface area (TPSA) is 35.5 Å². The van der Waals surface area contributed by atoms with Crippen molar-refractivity contribution in [3.8, 4) is 5.75 Å². The maximum absolute atomic E-state index is 12.0. The van der Waals surface area contributed by atoms with Gasteiger partial charge in [0, 0.05) is 5.92 Å². The summed E-state index contributed by atoms with van der Waals surface area (Å²) in [6.07, 6.45) is 1.44. The van der Waals surface area contributed by atoms with E-state index in [1.165, 1.54) is 0 Å². The lowest BCUT2D eigenvalue weighted by molar-refractivity contribution is -0.143. The second-order valence-corrected chi connectivity index (χ2v) is 6.37. The zero-order valence-corrected chi connectivity index (χ0v) is 15.4. The number of esters is 1. The molecule has 0 fully saturated rings. The number of benzene rings is 2. The first-order chi connectivity index (χ1) is 12.1. The van der Waals surface area contributed by atoms with Gasteiger partial charge in [-0.15, -0.1) is 0 Å². The second kappa shape index (κ2) is 9.87. The summed E-state index contributed by atoms with van der Waals surface area (Å²) in [6, 6.07) is 18.1. The third-order valence-corrected chi connectivity index (χ3v) is 4.39. The molecule has 0 aliphatic heterocycles. The normalized spacial score (nSPS) is 13.1. The standard InChI is InChI=1S/C22H28O3/c1-4-17(3)16-25-20-13-11-19(12-14-20)21(15-22(23)24-5-2)18-9-7-6-8-10-18/h6-14,17,21H,4-5,15-16H2,1-3H3/t17-,21?/m1/s1. The minimum atomic E-state index is -0.173. The molecule has 0 saturated carbocycles. The van der Waals surface area contributed by atoms with Gasteiger partial charge < -0.3 is 9.47 Å². The Morgan fingerprint density at radius 1 is 0.960 bits per heavy atom. The molecular weight excluding hydrogens is 312 g/mol. The van der Waals surface area contributed by atoms with Gasteiger partial charge in [-0.05, 0) is 36.1 Å². The summed E-state index contributed by atoms with van der Waals surface area (Å²) in [5.41, 5.74) is 2.21. The zero-order valence-electron chi connectivity index (χ0n) is 15.4. The summed E-state index contributed by atoms with van der Waals surface area (Å²) in [5, 5.41) is 0. The number of hydrogen-bond acceptors (Lipinski definition) is 3. The summed E-state index contributed by atoms with van der Waals surface area (Å²) in [4.78, 5) is 12.0. The molecule has 0 heterocycles. The van der Waals surface area contributed by atoms with Crippen molar-refractivity contribution in [2.45, 2.75) is 39.5 Å². The van der Waals surface area contributed by atoms with E-state index in [0.717, 1.165) is 29.9 Å². The van der Waals surface area contributed by atoms with E-state index in [4.69, 9.17) is 9.47 Å². The van der Waals surface area contributed by atoms with E-state index in [0.29, 0.717) is 18.9 Å². The number of rotatable bonds is 9. The van der Waals surface area contributed by atoms with E-state index >= 15 is 0 Å². The third-order valence-electron chi connectivity index (χ3n) is 4.39. The Bertz CT molecular complexity index is 634. The smallest absolute Gasteiger partial charge is 0.306 e. The fraction of sp³-hybridized carbons (Fsp3) is 0.409. The SMILES string of the molecule is CCOC(=O)CC(c1ccccc1)c1ccc(OC[C@H](C)CC)cc1. The molecule has 0 amide bonds. The van der Waals surface area contributed by atoms with Crippen LogP contribution in [0.3, 0.4) is 0 Å². The first kappa shape index (κ1) is 19.0. The lowest BCUT2D eigenvalue weighted by Gasteiger charge is -2.18. The largest absolute Gasteiger partial charge is 0.493 e. The molecule has 25 heavy (non-hydrogen) atoms. The molecule has 3 heteroatoms. The molecule has 0 aliphatic rings. The van der Waals surface area contributed by atoms with E-state index in [9.17, 15) is 4.79 Å². The van der Waals surface area contributed by atoms with E-state index in [1.54, 1.807) is 0 Å². The highest BCUT2D eigenvalue weighted by molar-refractivity contribution is 5.71. The van der Waals surface area contributed by atoms with Gasteiger partial charge in [0.1, 0.15) is 5.75 Å². The Hall–Kier alpha value is -2.29. The van der Waals surface area contributed by atoms with Crippen molar-refractivity contribution in [2.75, 3.05) is 13.2 Å². The summed E-state index contributed by atoms with van der Waals surface area (Å²) < 4.78 is 11.0. The fourth-order valence-corrected chi connectivity index (χ4v) is 2.65. The quantitative estimate of drug-likeness (QED) is 0.589. The van der Waals surface area contributed by atoms with Gasteiger partial charge >= 0.3 is 5.97 Å². The molecule has 2 aromatic carbocycles. The average molecular weight is 340 g/mol. The molecule has 3 nitrogen and oxygen atoms in total. The number of ether oxygens (including phenoxy) is 2. The van der Waals surface area contributed by atoms with E-state index in [1.807, 2.05) is 49.4 Å². The Kier molecular flexibility index (Phi) is 7.52. The third kappa shape index (κ3) is 5.93. The molecular formula is C22H28O3. The monoisotopic (exact) mass is 340 g/mol. The van der Waals surface area contributed by atoms with Crippen LogP contribution in [0, 0.1) is 5.92 Å². The molecule has 0 saturated heterocycles. The van der Waals surface area contributed by atoms with Gasteiger partial charge in [-0.1, -0.05) is 62.7 Å². The maximum Gasteiger partial charge on any atom is 0.306 e. The molecule has 2 atom stereocenters. The van der Waals surface area contributed by atoms with Gasteiger partial charge in [-0.2, -0.15) is 0 Å². The zero-order chi connectivity index (χ0) is 18.1. The van der Waals surface area contributed by atoms with Gasteiger partial charge in [0.15, 0.2) is 0 Å². The minimum absolute atomic E-state index is 0.0103. The molecule has 1 unspecified atom stereocenters. The van der Waals surface area contributed by atoms with Crippen molar-refractivity contribution in [3.05, 3.63) is 65.7 Å². The van der Waals surface area contributed by atoms with Gasteiger partial charge in [-0.25, -0.2) is 0 Å². The Morgan fingerprint density at radius 3 is 2.20 bits per heavy atom. The van der Waals surface area contributed by atoms with Gasteiger partial charge in [-0.3, -0.25) is 4.79 Å². The van der Waals surface area contributed by atoms with Gasteiger partial charge in [0.25, 0.3) is 0 Å². The van der Waals surface area contributed by atoms with Crippen LogP contribution < -0.4 is 4.74 Å². The van der Waals surface area contributed by atoms with Crippen LogP contribution in [0.25, 0.3) is 0 Å². The van der Waals surface area contributed by atoms with Crippen LogP contribution in [-0.4, -0.2) is 19.2 Å². The van der Waals surface area contributed by atoms with Crippen LogP contribution in [-0.2, 0) is 9.53 Å². The molecule has 0 radical (unpaired) electrons. The Labute approximate surface area is 151 Å². The number of carbonyl (C=O) groups is 1. The first-order valence-corrected chi connectivity index (χ1v) is 9.07. The maximum atomic E-state index is 12.0. The van der Waals surface area contributed by atoms with Gasteiger partial charge in [0.05, 0.1) is 19.6 Å². The summed E-state index contributed by atoms with van der Waals surface area (Å²) >= 11 is 0. The fourth-order valence-electron chi connectivity index (χ4n) is 2.65. The van der Waals surface area contributed by atoms with Crippen LogP contribution in [0.5, 0.6) is 5.75 Å². The molecule has 0 aromatic heterocycles. The van der Waals surface area contributed by atoms with Crippen LogP contribution in [0.2, 0.25) is 0 Å². The summed E-state index contributed by atoms with van der Waals surface area (Å²) in [5.74, 6) is 1.23. The number of hydrogen-bond donors (Lipinski definition) is 0. The molecule has 2 aromatic rings. The Morgan fingerprint density at radius 2 is 1.60 bits per heavy atom. The van der Waals surface area contributed by atoms with Crippen molar-refractivity contribution in [1.82, 2.24) is 0 Å². The van der Waals surface area contributed by atoms with E-state index in [2.05, 4.69) is 26.0 Å². The lowest BCUT2D eigenvalue weighted by Crippen LogP contribution is -2.12. The summed E-state index contributed by atoms with van der Waals surface area (Å²) in [7, 11) is 0. The second-order valence-electron chi connectivity index (χ2n) is 6.37. The minimum Gasteiger partial charge on any atom is -0.493 e. The van der Waals surface area contributed by atoms with Gasteiger partial charge in [0.2, 0.25) is 0 Å². The molecule has 0 bridgehead atoms. The van der Waals surface area contributed by atoms with Crippen LogP contribution in [0.4, 0.5) is 0 Å². The molecule has 134 valence electrons. The highest BCUT2D eigenvalue weighted by Crippen LogP contribution is 2.29. The highest BCUT2D eigenvalue weighted by atomic mass is 16.5. The molecule has 0 spiro atoms. The van der Waals surface area contributed by atoms with Crippen molar-refractivity contribution in [1.29, 1.82) is 0 Å². The van der Waals surface area contributed by atoms with Crippen LogP contribution >= 0.6 is 0 Å². The number of carbonyl (C=O) groups excluding carboxylic acids is 1. The van der Waals surface area contributed by atoms with Crippen molar-refractivity contribution in [2.24, 2.45) is 5.92 Å². The highest BCUT2D eigenvalue weighted by Gasteiger charge is 2.19. The van der Waals surface area contributed by atoms with Crippen molar-refractivity contribution < 1.29 is 14.3 Å².